The molecule has 0 spiro atoms. The summed E-state index contributed by atoms with van der Waals surface area (Å²) in [4.78, 5) is 30.3. The van der Waals surface area contributed by atoms with Crippen LogP contribution >= 0.6 is 0 Å². The monoisotopic (exact) mass is 494 g/mol. The zero-order valence-electron chi connectivity index (χ0n) is 21.8. The summed E-state index contributed by atoms with van der Waals surface area (Å²) in [7, 11) is 0. The van der Waals surface area contributed by atoms with Gasteiger partial charge in [-0.15, -0.1) is 0 Å². The van der Waals surface area contributed by atoms with Crippen LogP contribution in [0, 0.1) is 0 Å². The summed E-state index contributed by atoms with van der Waals surface area (Å²) in [5.41, 5.74) is 1.29. The molecule has 0 radical (unpaired) electrons. The van der Waals surface area contributed by atoms with Gasteiger partial charge in [-0.05, 0) is 81.4 Å². The van der Waals surface area contributed by atoms with E-state index in [1.165, 1.54) is 0 Å². The third kappa shape index (κ3) is 6.26. The number of amides is 1. The predicted octanol–water partition coefficient (Wildman–Crippen LogP) is 5.03. The second kappa shape index (κ2) is 13.1. The summed E-state index contributed by atoms with van der Waals surface area (Å²) in [6.45, 7) is 12.3. The molecule has 1 aliphatic rings. The Morgan fingerprint density at radius 1 is 0.972 bits per heavy atom. The summed E-state index contributed by atoms with van der Waals surface area (Å²) >= 11 is 0. The first-order valence-corrected chi connectivity index (χ1v) is 12.9. The number of hydrogen-bond acceptors (Lipinski definition) is 6. The van der Waals surface area contributed by atoms with Gasteiger partial charge in [0.1, 0.15) is 17.3 Å². The van der Waals surface area contributed by atoms with Gasteiger partial charge < -0.3 is 24.4 Å². The van der Waals surface area contributed by atoms with Crippen LogP contribution in [0.15, 0.2) is 54.1 Å². The predicted molar refractivity (Wildman–Crippen MR) is 141 cm³/mol. The first kappa shape index (κ1) is 27.3. The molecule has 1 N–H and O–H groups in total. The van der Waals surface area contributed by atoms with Crippen LogP contribution in [-0.4, -0.2) is 66.0 Å². The van der Waals surface area contributed by atoms with Gasteiger partial charge in [-0.1, -0.05) is 32.9 Å². The molecule has 1 aliphatic heterocycles. The number of hydrogen-bond donors (Lipinski definition) is 1. The van der Waals surface area contributed by atoms with Crippen LogP contribution < -0.4 is 9.47 Å². The zero-order chi connectivity index (χ0) is 26.1. The minimum atomic E-state index is -0.696. The quantitative estimate of drug-likeness (QED) is 0.239. The topological polar surface area (TPSA) is 79.3 Å². The number of carbonyl (C=O) groups is 2. The molecular formula is C29H38N2O5. The maximum Gasteiger partial charge on any atom is 0.295 e. The van der Waals surface area contributed by atoms with Crippen LogP contribution in [0.4, 0.5) is 0 Å². The highest BCUT2D eigenvalue weighted by Crippen LogP contribution is 2.40. The molecule has 0 aliphatic carbocycles. The molecule has 1 unspecified atom stereocenters. The van der Waals surface area contributed by atoms with Crippen molar-refractivity contribution >= 4 is 17.4 Å². The highest BCUT2D eigenvalue weighted by Gasteiger charge is 2.45. The van der Waals surface area contributed by atoms with Crippen LogP contribution in [0.1, 0.15) is 57.7 Å². The van der Waals surface area contributed by atoms with Crippen molar-refractivity contribution in [2.45, 2.75) is 46.6 Å². The third-order valence-electron chi connectivity index (χ3n) is 6.39. The van der Waals surface area contributed by atoms with Crippen molar-refractivity contribution in [1.82, 2.24) is 9.80 Å². The smallest absolute Gasteiger partial charge is 0.295 e. The lowest BCUT2D eigenvalue weighted by Crippen LogP contribution is -2.33. The fraction of sp³-hybridized carbons (Fsp3) is 0.448. The molecular weight excluding hydrogens is 456 g/mol. The van der Waals surface area contributed by atoms with Crippen molar-refractivity contribution in [1.29, 1.82) is 0 Å². The van der Waals surface area contributed by atoms with E-state index < -0.39 is 17.7 Å². The van der Waals surface area contributed by atoms with Crippen LogP contribution in [0.5, 0.6) is 11.5 Å². The first-order valence-electron chi connectivity index (χ1n) is 12.9. The van der Waals surface area contributed by atoms with Crippen molar-refractivity contribution in [2.75, 3.05) is 39.4 Å². The van der Waals surface area contributed by atoms with Gasteiger partial charge in [-0.25, -0.2) is 0 Å². The van der Waals surface area contributed by atoms with Crippen LogP contribution in [0.25, 0.3) is 5.76 Å². The molecule has 7 heteroatoms. The molecule has 3 rings (SSSR count). The van der Waals surface area contributed by atoms with Crippen molar-refractivity contribution in [3.63, 3.8) is 0 Å². The average molecular weight is 495 g/mol. The largest absolute Gasteiger partial charge is 0.507 e. The zero-order valence-corrected chi connectivity index (χ0v) is 21.8. The van der Waals surface area contributed by atoms with Crippen molar-refractivity contribution in [3.8, 4) is 11.5 Å². The standard InChI is InChI=1S/C29H38N2O5/c1-5-19-36-23-15-13-21(14-16-23)27(32)25-26(22-11-9-12-24(20-22)35-8-4)31(29(34)28(25)33)18-10-17-30(6-2)7-3/h9,11-16,20,26,32H,5-8,10,17-19H2,1-4H3. The van der Waals surface area contributed by atoms with E-state index in [4.69, 9.17) is 9.47 Å². The number of likely N-dealkylation sites (tertiary alicyclic amines) is 1. The van der Waals surface area contributed by atoms with Gasteiger partial charge >= 0.3 is 0 Å². The first-order chi connectivity index (χ1) is 17.4. The molecule has 0 bridgehead atoms. The van der Waals surface area contributed by atoms with E-state index >= 15 is 0 Å². The molecule has 0 aromatic heterocycles. The highest BCUT2D eigenvalue weighted by atomic mass is 16.5. The number of ether oxygens (including phenoxy) is 2. The molecule has 2 aromatic carbocycles. The summed E-state index contributed by atoms with van der Waals surface area (Å²) < 4.78 is 11.3. The van der Waals surface area contributed by atoms with Gasteiger partial charge in [-0.2, -0.15) is 0 Å². The lowest BCUT2D eigenvalue weighted by atomic mass is 9.95. The maximum atomic E-state index is 13.3. The number of ketones is 1. The normalized spacial score (nSPS) is 17.1. The van der Waals surface area contributed by atoms with Gasteiger partial charge in [0.05, 0.1) is 24.8 Å². The van der Waals surface area contributed by atoms with E-state index in [0.717, 1.165) is 38.0 Å². The van der Waals surface area contributed by atoms with E-state index in [0.29, 0.717) is 36.8 Å². The minimum Gasteiger partial charge on any atom is -0.507 e. The molecule has 0 saturated carbocycles. The number of nitrogens with zero attached hydrogens (tertiary/aromatic N) is 2. The van der Waals surface area contributed by atoms with Gasteiger partial charge in [-0.3, -0.25) is 9.59 Å². The number of rotatable bonds is 13. The van der Waals surface area contributed by atoms with Crippen LogP contribution in [-0.2, 0) is 9.59 Å². The Hall–Kier alpha value is -3.32. The SMILES string of the molecule is CCCOc1ccc(C(O)=C2C(=O)C(=O)N(CCCN(CC)CC)C2c2cccc(OCC)c2)cc1. The Kier molecular flexibility index (Phi) is 9.94. The Morgan fingerprint density at radius 2 is 1.69 bits per heavy atom. The molecule has 1 saturated heterocycles. The van der Waals surface area contributed by atoms with Gasteiger partial charge in [0, 0.05) is 12.1 Å². The fourth-order valence-electron chi connectivity index (χ4n) is 4.49. The number of aliphatic hydroxyl groups excluding tert-OH is 1. The van der Waals surface area contributed by atoms with E-state index in [-0.39, 0.29) is 11.3 Å². The molecule has 2 aromatic rings. The molecule has 7 nitrogen and oxygen atoms in total. The molecule has 1 atom stereocenters. The Morgan fingerprint density at radius 3 is 2.33 bits per heavy atom. The van der Waals surface area contributed by atoms with Crippen molar-refractivity contribution < 1.29 is 24.2 Å². The maximum absolute atomic E-state index is 13.3. The third-order valence-corrected chi connectivity index (χ3v) is 6.39. The second-order valence-corrected chi connectivity index (χ2v) is 8.75. The average Bonchev–Trinajstić information content (AvgIpc) is 3.15. The van der Waals surface area contributed by atoms with Gasteiger partial charge in [0.2, 0.25) is 0 Å². The fourth-order valence-corrected chi connectivity index (χ4v) is 4.49. The van der Waals surface area contributed by atoms with E-state index in [2.05, 4.69) is 18.7 Å². The summed E-state index contributed by atoms with van der Waals surface area (Å²) in [5.74, 6) is -0.111. The lowest BCUT2D eigenvalue weighted by Gasteiger charge is -2.27. The Balaban J connectivity index is 2.01. The van der Waals surface area contributed by atoms with Crippen molar-refractivity contribution in [3.05, 3.63) is 65.2 Å². The summed E-state index contributed by atoms with van der Waals surface area (Å²) in [6.07, 6.45) is 1.61. The molecule has 194 valence electrons. The summed E-state index contributed by atoms with van der Waals surface area (Å²) in [5, 5.41) is 11.3. The van der Waals surface area contributed by atoms with Gasteiger partial charge in [0.25, 0.3) is 11.7 Å². The van der Waals surface area contributed by atoms with E-state index in [1.807, 2.05) is 38.1 Å². The number of carbonyl (C=O) groups excluding carboxylic acids is 2. The highest BCUT2D eigenvalue weighted by molar-refractivity contribution is 6.46. The van der Waals surface area contributed by atoms with E-state index in [9.17, 15) is 14.7 Å². The number of Topliss-reactive ketones (excluding diaryl/α,β-unsaturated/α-hetero) is 1. The van der Waals surface area contributed by atoms with Gasteiger partial charge in [0.15, 0.2) is 0 Å². The molecule has 1 heterocycles. The molecule has 36 heavy (non-hydrogen) atoms. The van der Waals surface area contributed by atoms with E-state index in [1.54, 1.807) is 29.2 Å². The minimum absolute atomic E-state index is 0.0960. The van der Waals surface area contributed by atoms with Crippen molar-refractivity contribution in [2.24, 2.45) is 0 Å². The Labute approximate surface area is 214 Å². The number of aliphatic hydroxyl groups is 1. The van der Waals surface area contributed by atoms with Crippen LogP contribution in [0.3, 0.4) is 0 Å². The summed E-state index contributed by atoms with van der Waals surface area (Å²) in [6, 6.07) is 13.6. The number of benzene rings is 2. The molecule has 1 fully saturated rings. The Bertz CT molecular complexity index is 1060. The molecule has 1 amide bonds. The second-order valence-electron chi connectivity index (χ2n) is 8.75. The lowest BCUT2D eigenvalue weighted by molar-refractivity contribution is -0.140. The van der Waals surface area contributed by atoms with Crippen LogP contribution in [0.2, 0.25) is 0 Å².